The summed E-state index contributed by atoms with van der Waals surface area (Å²) in [5, 5.41) is 8.61. The van der Waals surface area contributed by atoms with Gasteiger partial charge in [-0.25, -0.2) is 0 Å². The summed E-state index contributed by atoms with van der Waals surface area (Å²) in [6, 6.07) is 22.7. The van der Waals surface area contributed by atoms with Crippen molar-refractivity contribution in [1.82, 2.24) is 5.16 Å². The van der Waals surface area contributed by atoms with E-state index in [0.717, 1.165) is 28.7 Å². The Hall–Kier alpha value is -4.31. The first-order valence-electron chi connectivity index (χ1n) is 11.4. The number of halogens is 3. The third kappa shape index (κ3) is 7.13. The monoisotopic (exact) mass is 537 g/mol. The third-order valence-electron chi connectivity index (χ3n) is 5.28. The van der Waals surface area contributed by atoms with E-state index in [1.165, 1.54) is 30.0 Å². The van der Waals surface area contributed by atoms with Crippen LogP contribution in [-0.2, 0) is 15.8 Å². The molecule has 0 spiro atoms. The number of hydrogen-bond donors (Lipinski definition) is 2. The molecule has 0 saturated heterocycles. The van der Waals surface area contributed by atoms with E-state index >= 15 is 0 Å². The maximum Gasteiger partial charge on any atom is 0.416 e. The zero-order valence-corrected chi connectivity index (χ0v) is 20.8. The van der Waals surface area contributed by atoms with E-state index in [1.54, 1.807) is 37.3 Å². The van der Waals surface area contributed by atoms with Gasteiger partial charge in [-0.2, -0.15) is 13.2 Å². The van der Waals surface area contributed by atoms with Crippen LogP contribution in [0.4, 0.5) is 24.7 Å². The molecule has 6 nitrogen and oxygen atoms in total. The van der Waals surface area contributed by atoms with Gasteiger partial charge >= 0.3 is 6.18 Å². The van der Waals surface area contributed by atoms with Crippen molar-refractivity contribution in [2.45, 2.75) is 23.2 Å². The van der Waals surface area contributed by atoms with Gasteiger partial charge in [0.2, 0.25) is 11.8 Å². The van der Waals surface area contributed by atoms with Crippen molar-refractivity contribution in [3.8, 4) is 0 Å². The van der Waals surface area contributed by atoms with Crippen molar-refractivity contribution in [3.05, 3.63) is 113 Å². The van der Waals surface area contributed by atoms with Crippen LogP contribution in [-0.4, -0.2) is 17.0 Å². The number of aromatic nitrogens is 1. The number of rotatable bonds is 8. The number of thioether (sulfide) groups is 1. The Morgan fingerprint density at radius 1 is 0.947 bits per heavy atom. The van der Waals surface area contributed by atoms with E-state index in [2.05, 4.69) is 15.8 Å². The van der Waals surface area contributed by atoms with Crippen molar-refractivity contribution in [2.75, 3.05) is 10.6 Å². The highest BCUT2D eigenvalue weighted by Crippen LogP contribution is 2.37. The Morgan fingerprint density at radius 3 is 2.29 bits per heavy atom. The molecule has 0 bridgehead atoms. The molecular formula is C28H22F3N3O3S. The molecule has 10 heteroatoms. The van der Waals surface area contributed by atoms with Crippen LogP contribution in [0.2, 0.25) is 0 Å². The van der Waals surface area contributed by atoms with E-state index in [1.807, 2.05) is 30.3 Å². The number of hydrogen-bond acceptors (Lipinski definition) is 5. The van der Waals surface area contributed by atoms with Crippen LogP contribution >= 0.6 is 11.8 Å². The predicted octanol–water partition coefficient (Wildman–Crippen LogP) is 7.13. The van der Waals surface area contributed by atoms with Crippen molar-refractivity contribution in [1.29, 1.82) is 0 Å². The van der Waals surface area contributed by atoms with Crippen LogP contribution in [0.3, 0.4) is 0 Å². The summed E-state index contributed by atoms with van der Waals surface area (Å²) in [5.74, 6) is 0.0299. The normalized spacial score (nSPS) is 12.3. The van der Waals surface area contributed by atoms with Gasteiger partial charge in [0, 0.05) is 22.7 Å². The molecule has 1 heterocycles. The molecule has 4 aromatic rings. The van der Waals surface area contributed by atoms with Gasteiger partial charge in [0.25, 0.3) is 0 Å². The molecule has 0 saturated carbocycles. The molecule has 0 aliphatic carbocycles. The number of anilines is 2. The molecule has 38 heavy (non-hydrogen) atoms. The number of alkyl halides is 3. The first-order valence-corrected chi connectivity index (χ1v) is 12.3. The van der Waals surface area contributed by atoms with E-state index in [-0.39, 0.29) is 11.5 Å². The fraction of sp³-hybridized carbons (Fsp3) is 0.107. The Balaban J connectivity index is 1.43. The quantitative estimate of drug-likeness (QED) is 0.185. The third-order valence-corrected chi connectivity index (χ3v) is 6.54. The second-order valence-electron chi connectivity index (χ2n) is 8.15. The SMILES string of the molecule is Cc1cc(NC(=O)C(Sc2ccc(NC(=O)C=Cc3ccccc3C(F)(F)F)cc2)c2ccccc2)no1. The number of amides is 2. The van der Waals surface area contributed by atoms with E-state index < -0.39 is 22.9 Å². The molecule has 2 amide bonds. The minimum Gasteiger partial charge on any atom is -0.360 e. The van der Waals surface area contributed by atoms with Gasteiger partial charge in [0.15, 0.2) is 5.82 Å². The summed E-state index contributed by atoms with van der Waals surface area (Å²) >= 11 is 1.31. The summed E-state index contributed by atoms with van der Waals surface area (Å²) in [4.78, 5) is 26.1. The highest BCUT2D eigenvalue weighted by molar-refractivity contribution is 8.00. The molecule has 1 unspecified atom stereocenters. The zero-order valence-electron chi connectivity index (χ0n) is 20.0. The minimum absolute atomic E-state index is 0.104. The van der Waals surface area contributed by atoms with Crippen molar-refractivity contribution in [2.24, 2.45) is 0 Å². The molecule has 4 rings (SSSR count). The second kappa shape index (κ2) is 11.8. The lowest BCUT2D eigenvalue weighted by Gasteiger charge is -2.16. The molecule has 0 aliphatic rings. The highest BCUT2D eigenvalue weighted by atomic mass is 32.2. The number of carbonyl (C=O) groups is 2. The lowest BCUT2D eigenvalue weighted by Crippen LogP contribution is -2.19. The first kappa shape index (κ1) is 26.7. The van der Waals surface area contributed by atoms with E-state index in [0.29, 0.717) is 17.3 Å². The van der Waals surface area contributed by atoms with Gasteiger partial charge in [-0.1, -0.05) is 53.7 Å². The van der Waals surface area contributed by atoms with Crippen LogP contribution in [0.1, 0.15) is 27.7 Å². The Bertz CT molecular complexity index is 1430. The smallest absolute Gasteiger partial charge is 0.360 e. The maximum absolute atomic E-state index is 13.1. The summed E-state index contributed by atoms with van der Waals surface area (Å²) in [6.45, 7) is 1.73. The van der Waals surface area contributed by atoms with Crippen LogP contribution < -0.4 is 10.6 Å². The predicted molar refractivity (Wildman–Crippen MR) is 140 cm³/mol. The molecule has 1 aromatic heterocycles. The molecule has 0 aliphatic heterocycles. The van der Waals surface area contributed by atoms with E-state index in [9.17, 15) is 22.8 Å². The first-order chi connectivity index (χ1) is 18.2. The topological polar surface area (TPSA) is 84.2 Å². The Labute approximate surface area is 220 Å². The van der Waals surface area contributed by atoms with Crippen molar-refractivity contribution in [3.63, 3.8) is 0 Å². The van der Waals surface area contributed by atoms with Gasteiger partial charge < -0.3 is 15.2 Å². The standard InChI is InChI=1S/C28H22F3N3O3S/c1-18-17-24(34-37-18)33-27(36)26(20-8-3-2-4-9-20)38-22-14-12-21(13-15-22)32-25(35)16-11-19-7-5-6-10-23(19)28(29,30)31/h2-17,26H,1H3,(H,32,35)(H,33,34,36). The summed E-state index contributed by atoms with van der Waals surface area (Å²) in [7, 11) is 0. The van der Waals surface area contributed by atoms with E-state index in [4.69, 9.17) is 4.52 Å². The van der Waals surface area contributed by atoms with Gasteiger partial charge in [0.05, 0.1) is 5.56 Å². The van der Waals surface area contributed by atoms with Crippen molar-refractivity contribution >= 4 is 41.2 Å². The fourth-order valence-corrected chi connectivity index (χ4v) is 4.55. The van der Waals surface area contributed by atoms with Crippen molar-refractivity contribution < 1.29 is 27.3 Å². The number of nitrogens with one attached hydrogen (secondary N) is 2. The zero-order chi connectivity index (χ0) is 27.1. The molecule has 2 N–H and O–H groups in total. The molecule has 0 radical (unpaired) electrons. The minimum atomic E-state index is -4.52. The second-order valence-corrected chi connectivity index (χ2v) is 9.33. The molecule has 3 aromatic carbocycles. The maximum atomic E-state index is 13.1. The lowest BCUT2D eigenvalue weighted by atomic mass is 10.1. The number of benzene rings is 3. The average Bonchev–Trinajstić information content (AvgIpc) is 3.31. The van der Waals surface area contributed by atoms with Crippen LogP contribution in [0.25, 0.3) is 6.08 Å². The average molecular weight is 538 g/mol. The highest BCUT2D eigenvalue weighted by Gasteiger charge is 2.32. The number of nitrogens with zero attached hydrogens (tertiary/aromatic N) is 1. The number of aryl methyl sites for hydroxylation is 1. The Morgan fingerprint density at radius 2 is 1.63 bits per heavy atom. The molecule has 1 atom stereocenters. The molecular weight excluding hydrogens is 515 g/mol. The summed E-state index contributed by atoms with van der Waals surface area (Å²) in [6.07, 6.45) is -2.34. The van der Waals surface area contributed by atoms with Gasteiger partial charge in [-0.15, -0.1) is 11.8 Å². The molecule has 194 valence electrons. The fourth-order valence-electron chi connectivity index (χ4n) is 3.52. The van der Waals surface area contributed by atoms with Crippen LogP contribution in [0.5, 0.6) is 0 Å². The Kier molecular flexibility index (Phi) is 8.32. The van der Waals surface area contributed by atoms with Crippen LogP contribution in [0, 0.1) is 6.92 Å². The van der Waals surface area contributed by atoms with Gasteiger partial charge in [-0.05, 0) is 54.5 Å². The lowest BCUT2D eigenvalue weighted by molar-refractivity contribution is -0.137. The number of carbonyl (C=O) groups excluding carboxylic acids is 2. The van der Waals surface area contributed by atoms with Gasteiger partial charge in [-0.3, -0.25) is 9.59 Å². The van der Waals surface area contributed by atoms with Gasteiger partial charge in [0.1, 0.15) is 11.0 Å². The van der Waals surface area contributed by atoms with Crippen LogP contribution in [0.15, 0.2) is 100 Å². The summed E-state index contributed by atoms with van der Waals surface area (Å²) < 4.78 is 44.5. The largest absolute Gasteiger partial charge is 0.416 e. The molecule has 0 fully saturated rings. The summed E-state index contributed by atoms with van der Waals surface area (Å²) in [5.41, 5.74) is 0.317.